The van der Waals surface area contributed by atoms with Crippen LogP contribution in [0.15, 0.2) is 65.0 Å². The first-order valence-electron chi connectivity index (χ1n) is 8.76. The van der Waals surface area contributed by atoms with Crippen LogP contribution in [0.3, 0.4) is 0 Å². The molecule has 1 amide bonds. The number of thiazole rings is 1. The Morgan fingerprint density at radius 2 is 1.97 bits per heavy atom. The number of benzene rings is 2. The molecule has 0 radical (unpaired) electrons. The summed E-state index contributed by atoms with van der Waals surface area (Å²) in [6.45, 7) is 4.12. The Morgan fingerprint density at radius 3 is 2.66 bits per heavy atom. The minimum absolute atomic E-state index is 0.0104. The molecule has 0 saturated carbocycles. The maximum Gasteiger partial charge on any atom is 0.248 e. The Labute approximate surface area is 176 Å². The minimum Gasteiger partial charge on any atom is -0.313 e. The van der Waals surface area contributed by atoms with Crippen molar-refractivity contribution < 1.29 is 17.6 Å². The predicted octanol–water partition coefficient (Wildman–Crippen LogP) is 4.36. The standard InChI is InChI=1S/C20H18ClFN2O3S2/c1-2-11-24-17-10-7-15(22)13-18(17)28-20(24)23-19(25)4-3-12-29(26,27)16-8-5-14(21)6-9-16/h2,5-10,13H,1,3-4,11-12H2. The van der Waals surface area contributed by atoms with E-state index in [0.717, 1.165) is 5.52 Å². The van der Waals surface area contributed by atoms with Crippen molar-refractivity contribution in [3.8, 4) is 0 Å². The van der Waals surface area contributed by atoms with E-state index in [1.807, 2.05) is 0 Å². The van der Waals surface area contributed by atoms with Crippen molar-refractivity contribution in [2.45, 2.75) is 24.3 Å². The van der Waals surface area contributed by atoms with Gasteiger partial charge in [0.1, 0.15) is 5.82 Å². The Balaban J connectivity index is 1.74. The predicted molar refractivity (Wildman–Crippen MR) is 113 cm³/mol. The topological polar surface area (TPSA) is 68.5 Å². The van der Waals surface area contributed by atoms with Crippen LogP contribution in [0.1, 0.15) is 12.8 Å². The van der Waals surface area contributed by atoms with Crippen LogP contribution >= 0.6 is 22.9 Å². The summed E-state index contributed by atoms with van der Waals surface area (Å²) in [5.41, 5.74) is 0.758. The maximum absolute atomic E-state index is 13.5. The average Bonchev–Trinajstić information content (AvgIpc) is 2.98. The summed E-state index contributed by atoms with van der Waals surface area (Å²) in [4.78, 5) is 17.0. The van der Waals surface area contributed by atoms with Crippen molar-refractivity contribution in [2.24, 2.45) is 4.99 Å². The van der Waals surface area contributed by atoms with Gasteiger partial charge < -0.3 is 4.57 Å². The number of allylic oxidation sites excluding steroid dienone is 1. The Bertz CT molecular complexity index is 1230. The van der Waals surface area contributed by atoms with E-state index in [9.17, 15) is 17.6 Å². The molecule has 0 unspecified atom stereocenters. The van der Waals surface area contributed by atoms with E-state index in [4.69, 9.17) is 11.6 Å². The van der Waals surface area contributed by atoms with Gasteiger partial charge in [-0.3, -0.25) is 4.79 Å². The minimum atomic E-state index is -3.50. The lowest BCUT2D eigenvalue weighted by atomic mass is 10.3. The Hall–Kier alpha value is -2.29. The fraction of sp³-hybridized carbons (Fsp3) is 0.200. The van der Waals surface area contributed by atoms with Gasteiger partial charge >= 0.3 is 0 Å². The van der Waals surface area contributed by atoms with Crippen molar-refractivity contribution in [3.63, 3.8) is 0 Å². The molecule has 2 aromatic carbocycles. The monoisotopic (exact) mass is 452 g/mol. The number of hydrogen-bond donors (Lipinski definition) is 0. The third-order valence-corrected chi connectivity index (χ3v) is 7.26. The third-order valence-electron chi connectivity index (χ3n) is 4.15. The lowest BCUT2D eigenvalue weighted by Gasteiger charge is -2.04. The quantitative estimate of drug-likeness (QED) is 0.500. The molecule has 152 valence electrons. The van der Waals surface area contributed by atoms with Crippen molar-refractivity contribution in [1.82, 2.24) is 4.57 Å². The van der Waals surface area contributed by atoms with Crippen LogP contribution in [-0.2, 0) is 21.2 Å². The second kappa shape index (κ2) is 9.02. The summed E-state index contributed by atoms with van der Waals surface area (Å²) in [7, 11) is -3.50. The summed E-state index contributed by atoms with van der Waals surface area (Å²) >= 11 is 6.98. The van der Waals surface area contributed by atoms with Crippen LogP contribution in [0.4, 0.5) is 4.39 Å². The molecule has 0 N–H and O–H groups in total. The van der Waals surface area contributed by atoms with E-state index in [1.54, 1.807) is 16.7 Å². The average molecular weight is 453 g/mol. The molecular formula is C20H18ClFN2O3S2. The highest BCUT2D eigenvalue weighted by molar-refractivity contribution is 7.91. The number of sulfone groups is 1. The fourth-order valence-electron chi connectivity index (χ4n) is 2.77. The largest absolute Gasteiger partial charge is 0.313 e. The lowest BCUT2D eigenvalue weighted by molar-refractivity contribution is -0.118. The fourth-order valence-corrected chi connectivity index (χ4v) is 5.29. The first kappa shape index (κ1) is 21.4. The summed E-state index contributed by atoms with van der Waals surface area (Å²) in [6.07, 6.45) is 1.80. The Morgan fingerprint density at radius 1 is 1.24 bits per heavy atom. The van der Waals surface area contributed by atoms with Crippen LogP contribution < -0.4 is 4.80 Å². The number of carbonyl (C=O) groups is 1. The van der Waals surface area contributed by atoms with E-state index in [2.05, 4.69) is 11.6 Å². The molecular weight excluding hydrogens is 435 g/mol. The van der Waals surface area contributed by atoms with E-state index < -0.39 is 15.7 Å². The second-order valence-electron chi connectivity index (χ2n) is 6.28. The SMILES string of the molecule is C=CCn1c(=NC(=O)CCCS(=O)(=O)c2ccc(Cl)cc2)sc2cc(F)ccc21. The number of carbonyl (C=O) groups excluding carboxylic acids is 1. The van der Waals surface area contributed by atoms with Crippen molar-refractivity contribution in [1.29, 1.82) is 0 Å². The van der Waals surface area contributed by atoms with Gasteiger partial charge in [-0.25, -0.2) is 12.8 Å². The van der Waals surface area contributed by atoms with Crippen molar-refractivity contribution in [2.75, 3.05) is 5.75 Å². The van der Waals surface area contributed by atoms with E-state index in [-0.39, 0.29) is 29.3 Å². The highest BCUT2D eigenvalue weighted by Crippen LogP contribution is 2.19. The zero-order valence-electron chi connectivity index (χ0n) is 15.3. The summed E-state index contributed by atoms with van der Waals surface area (Å²) < 4.78 is 40.6. The van der Waals surface area contributed by atoms with E-state index >= 15 is 0 Å². The molecule has 1 heterocycles. The van der Waals surface area contributed by atoms with Gasteiger partial charge in [0.05, 0.1) is 20.9 Å². The summed E-state index contributed by atoms with van der Waals surface area (Å²) in [5, 5.41) is 0.453. The molecule has 5 nitrogen and oxygen atoms in total. The van der Waals surface area contributed by atoms with Crippen LogP contribution in [0.2, 0.25) is 5.02 Å². The third kappa shape index (κ3) is 5.20. The van der Waals surface area contributed by atoms with Crippen LogP contribution in [-0.4, -0.2) is 24.6 Å². The zero-order valence-corrected chi connectivity index (χ0v) is 17.7. The molecule has 3 aromatic rings. The molecule has 0 aliphatic carbocycles. The summed E-state index contributed by atoms with van der Waals surface area (Å²) in [5.74, 6) is -0.962. The van der Waals surface area contributed by atoms with E-state index in [1.165, 1.54) is 47.7 Å². The van der Waals surface area contributed by atoms with Gasteiger partial charge in [-0.1, -0.05) is 29.0 Å². The van der Waals surface area contributed by atoms with Crippen molar-refractivity contribution in [3.05, 3.63) is 70.8 Å². The number of rotatable bonds is 7. The molecule has 0 fully saturated rings. The number of fused-ring (bicyclic) bond motifs is 1. The highest BCUT2D eigenvalue weighted by Gasteiger charge is 2.15. The Kier molecular flexibility index (Phi) is 6.66. The van der Waals surface area contributed by atoms with E-state index in [0.29, 0.717) is 21.1 Å². The van der Waals surface area contributed by atoms with Gasteiger partial charge in [0.25, 0.3) is 0 Å². The van der Waals surface area contributed by atoms with Gasteiger partial charge in [0, 0.05) is 18.0 Å². The molecule has 29 heavy (non-hydrogen) atoms. The summed E-state index contributed by atoms with van der Waals surface area (Å²) in [6, 6.07) is 10.3. The maximum atomic E-state index is 13.5. The van der Waals surface area contributed by atoms with Gasteiger partial charge in [-0.05, 0) is 48.9 Å². The highest BCUT2D eigenvalue weighted by atomic mass is 35.5. The van der Waals surface area contributed by atoms with Gasteiger partial charge in [-0.15, -0.1) is 6.58 Å². The molecule has 0 saturated heterocycles. The number of aromatic nitrogens is 1. The zero-order chi connectivity index (χ0) is 21.0. The smallest absolute Gasteiger partial charge is 0.248 e. The van der Waals surface area contributed by atoms with Crippen LogP contribution in [0.5, 0.6) is 0 Å². The number of nitrogens with zero attached hydrogens (tertiary/aromatic N) is 2. The first-order chi connectivity index (χ1) is 13.8. The molecule has 0 spiro atoms. The molecule has 0 bridgehead atoms. The lowest BCUT2D eigenvalue weighted by Crippen LogP contribution is -2.16. The first-order valence-corrected chi connectivity index (χ1v) is 11.6. The van der Waals surface area contributed by atoms with Gasteiger partial charge in [0.15, 0.2) is 14.6 Å². The van der Waals surface area contributed by atoms with Crippen LogP contribution in [0.25, 0.3) is 10.2 Å². The molecule has 0 aliphatic heterocycles. The second-order valence-corrected chi connectivity index (χ2v) is 9.83. The van der Waals surface area contributed by atoms with Gasteiger partial charge in [0.2, 0.25) is 5.91 Å². The van der Waals surface area contributed by atoms with Gasteiger partial charge in [-0.2, -0.15) is 4.99 Å². The van der Waals surface area contributed by atoms with Crippen molar-refractivity contribution >= 4 is 48.9 Å². The number of halogens is 2. The normalized spacial score (nSPS) is 12.4. The molecule has 9 heteroatoms. The number of amides is 1. The molecule has 1 aromatic heterocycles. The number of hydrogen-bond acceptors (Lipinski definition) is 4. The molecule has 0 aliphatic rings. The molecule has 3 rings (SSSR count). The molecule has 0 atom stereocenters. The van der Waals surface area contributed by atoms with Crippen LogP contribution in [0, 0.1) is 5.82 Å².